The standard InChI is InChI=1S/C11H6ClIO2/c12-10-6-5-9(15-10)11(14)7-1-3-8(13)4-2-7/h1-6H. The van der Waals surface area contributed by atoms with Crippen molar-refractivity contribution in [3.8, 4) is 0 Å². The fraction of sp³-hybridized carbons (Fsp3) is 0. The SMILES string of the molecule is O=C(c1ccc(I)cc1)c1ccc(Cl)o1. The third-order valence-electron chi connectivity index (χ3n) is 1.90. The van der Waals surface area contributed by atoms with Crippen LogP contribution in [0.15, 0.2) is 40.8 Å². The average Bonchev–Trinajstić information content (AvgIpc) is 2.65. The first-order valence-corrected chi connectivity index (χ1v) is 5.68. The maximum absolute atomic E-state index is 11.8. The van der Waals surface area contributed by atoms with Crippen molar-refractivity contribution in [3.05, 3.63) is 56.5 Å². The van der Waals surface area contributed by atoms with Crippen LogP contribution in [0.4, 0.5) is 0 Å². The van der Waals surface area contributed by atoms with Crippen molar-refractivity contribution < 1.29 is 9.21 Å². The molecule has 0 spiro atoms. The molecule has 15 heavy (non-hydrogen) atoms. The molecule has 0 bridgehead atoms. The van der Waals surface area contributed by atoms with Gasteiger partial charge in [0.2, 0.25) is 5.78 Å². The van der Waals surface area contributed by atoms with E-state index in [2.05, 4.69) is 22.6 Å². The molecule has 1 aromatic heterocycles. The number of halogens is 2. The fourth-order valence-corrected chi connectivity index (χ4v) is 1.69. The van der Waals surface area contributed by atoms with E-state index in [9.17, 15) is 4.79 Å². The molecule has 1 heterocycles. The second kappa shape index (κ2) is 4.37. The summed E-state index contributed by atoms with van der Waals surface area (Å²) in [5, 5.41) is 0.226. The summed E-state index contributed by atoms with van der Waals surface area (Å²) < 4.78 is 6.13. The minimum atomic E-state index is -0.154. The lowest BCUT2D eigenvalue weighted by Gasteiger charge is -1.97. The number of benzene rings is 1. The highest BCUT2D eigenvalue weighted by Crippen LogP contribution is 2.17. The molecular formula is C11H6ClIO2. The number of carbonyl (C=O) groups excluding carboxylic acids is 1. The van der Waals surface area contributed by atoms with Crippen LogP contribution in [0.1, 0.15) is 16.1 Å². The Kier molecular flexibility index (Phi) is 3.11. The summed E-state index contributed by atoms with van der Waals surface area (Å²) in [4.78, 5) is 11.8. The third kappa shape index (κ3) is 2.41. The summed E-state index contributed by atoms with van der Waals surface area (Å²) in [5.41, 5.74) is 0.599. The van der Waals surface area contributed by atoms with Gasteiger partial charge >= 0.3 is 0 Å². The van der Waals surface area contributed by atoms with E-state index in [4.69, 9.17) is 16.0 Å². The van der Waals surface area contributed by atoms with Crippen LogP contribution in [0.5, 0.6) is 0 Å². The minimum Gasteiger partial charge on any atom is -0.441 e. The molecule has 0 aliphatic carbocycles. The lowest BCUT2D eigenvalue weighted by molar-refractivity contribution is 0.101. The van der Waals surface area contributed by atoms with Gasteiger partial charge in [0.1, 0.15) is 0 Å². The van der Waals surface area contributed by atoms with Crippen LogP contribution in [0, 0.1) is 3.57 Å². The molecule has 0 radical (unpaired) electrons. The second-order valence-corrected chi connectivity index (χ2v) is 4.56. The van der Waals surface area contributed by atoms with E-state index in [1.54, 1.807) is 24.3 Å². The molecule has 2 aromatic rings. The summed E-state index contributed by atoms with van der Waals surface area (Å²) in [6.07, 6.45) is 0. The first kappa shape index (κ1) is 10.7. The molecule has 4 heteroatoms. The fourth-order valence-electron chi connectivity index (χ4n) is 1.18. The highest BCUT2D eigenvalue weighted by molar-refractivity contribution is 14.1. The van der Waals surface area contributed by atoms with E-state index >= 15 is 0 Å². The average molecular weight is 333 g/mol. The molecule has 2 nitrogen and oxygen atoms in total. The summed E-state index contributed by atoms with van der Waals surface area (Å²) in [7, 11) is 0. The molecule has 2 rings (SSSR count). The summed E-state index contributed by atoms with van der Waals surface area (Å²) in [6.45, 7) is 0. The van der Waals surface area contributed by atoms with Gasteiger partial charge < -0.3 is 4.42 Å². The molecule has 0 amide bonds. The van der Waals surface area contributed by atoms with Crippen molar-refractivity contribution in [2.24, 2.45) is 0 Å². The van der Waals surface area contributed by atoms with Crippen molar-refractivity contribution in [2.45, 2.75) is 0 Å². The lowest BCUT2D eigenvalue weighted by atomic mass is 10.1. The zero-order valence-corrected chi connectivity index (χ0v) is 10.4. The Balaban J connectivity index is 2.32. The largest absolute Gasteiger partial charge is 0.441 e. The molecule has 0 fully saturated rings. The van der Waals surface area contributed by atoms with Gasteiger partial charge in [0.25, 0.3) is 0 Å². The maximum atomic E-state index is 11.8. The molecule has 0 unspecified atom stereocenters. The van der Waals surface area contributed by atoms with Gasteiger partial charge in [0, 0.05) is 9.13 Å². The molecule has 0 saturated carbocycles. The van der Waals surface area contributed by atoms with E-state index in [0.29, 0.717) is 5.56 Å². The predicted molar refractivity (Wildman–Crippen MR) is 66.3 cm³/mol. The summed E-state index contributed by atoms with van der Waals surface area (Å²) in [6, 6.07) is 10.4. The smallest absolute Gasteiger partial charge is 0.228 e. The monoisotopic (exact) mass is 332 g/mol. The lowest BCUT2D eigenvalue weighted by Crippen LogP contribution is -1.98. The Bertz CT molecular complexity index is 488. The normalized spacial score (nSPS) is 10.3. The van der Waals surface area contributed by atoms with Gasteiger partial charge in [-0.1, -0.05) is 0 Å². The molecule has 0 N–H and O–H groups in total. The van der Waals surface area contributed by atoms with E-state index in [-0.39, 0.29) is 16.8 Å². The van der Waals surface area contributed by atoms with Gasteiger partial charge in [0.15, 0.2) is 11.0 Å². The number of hydrogen-bond acceptors (Lipinski definition) is 2. The summed E-state index contributed by atoms with van der Waals surface area (Å²) >= 11 is 7.78. The van der Waals surface area contributed by atoms with Crippen LogP contribution in [0.2, 0.25) is 5.22 Å². The minimum absolute atomic E-state index is 0.154. The molecule has 0 aliphatic heterocycles. The topological polar surface area (TPSA) is 30.2 Å². The van der Waals surface area contributed by atoms with Gasteiger partial charge in [-0.15, -0.1) is 0 Å². The first-order chi connectivity index (χ1) is 7.16. The number of ketones is 1. The predicted octanol–water partition coefficient (Wildman–Crippen LogP) is 3.77. The Hall–Kier alpha value is -0.810. The second-order valence-electron chi connectivity index (χ2n) is 2.94. The van der Waals surface area contributed by atoms with E-state index in [0.717, 1.165) is 3.57 Å². The van der Waals surface area contributed by atoms with E-state index in [1.165, 1.54) is 0 Å². The highest BCUT2D eigenvalue weighted by atomic mass is 127. The molecule has 0 saturated heterocycles. The van der Waals surface area contributed by atoms with Crippen LogP contribution in [0.3, 0.4) is 0 Å². The van der Waals surface area contributed by atoms with Crippen molar-refractivity contribution in [3.63, 3.8) is 0 Å². The van der Waals surface area contributed by atoms with Crippen LogP contribution in [-0.2, 0) is 0 Å². The first-order valence-electron chi connectivity index (χ1n) is 4.22. The van der Waals surface area contributed by atoms with Crippen molar-refractivity contribution >= 4 is 40.0 Å². The number of hydrogen-bond donors (Lipinski definition) is 0. The Morgan fingerprint density at radius 2 is 1.80 bits per heavy atom. The molecule has 76 valence electrons. The quantitative estimate of drug-likeness (QED) is 0.619. The van der Waals surface area contributed by atoms with E-state index < -0.39 is 0 Å². The van der Waals surface area contributed by atoms with Crippen LogP contribution in [-0.4, -0.2) is 5.78 Å². The van der Waals surface area contributed by atoms with Gasteiger partial charge in [0.05, 0.1) is 0 Å². The Labute approximate surface area is 105 Å². The van der Waals surface area contributed by atoms with Gasteiger partial charge in [-0.25, -0.2) is 0 Å². The van der Waals surface area contributed by atoms with Gasteiger partial charge in [-0.3, -0.25) is 4.79 Å². The number of rotatable bonds is 2. The van der Waals surface area contributed by atoms with E-state index in [1.807, 2.05) is 12.1 Å². The molecule has 0 aliphatic rings. The number of furan rings is 1. The van der Waals surface area contributed by atoms with Crippen LogP contribution in [0.25, 0.3) is 0 Å². The van der Waals surface area contributed by atoms with Crippen molar-refractivity contribution in [1.82, 2.24) is 0 Å². The van der Waals surface area contributed by atoms with Crippen molar-refractivity contribution in [2.75, 3.05) is 0 Å². The van der Waals surface area contributed by atoms with Crippen molar-refractivity contribution in [1.29, 1.82) is 0 Å². The van der Waals surface area contributed by atoms with Gasteiger partial charge in [-0.2, -0.15) is 0 Å². The zero-order valence-electron chi connectivity index (χ0n) is 7.54. The maximum Gasteiger partial charge on any atom is 0.228 e. The Morgan fingerprint density at radius 3 is 2.33 bits per heavy atom. The highest BCUT2D eigenvalue weighted by Gasteiger charge is 2.12. The van der Waals surface area contributed by atoms with Gasteiger partial charge in [-0.05, 0) is 70.6 Å². The zero-order chi connectivity index (χ0) is 10.8. The Morgan fingerprint density at radius 1 is 1.13 bits per heavy atom. The third-order valence-corrected chi connectivity index (χ3v) is 2.83. The number of carbonyl (C=O) groups is 1. The molecule has 1 aromatic carbocycles. The van der Waals surface area contributed by atoms with Crippen LogP contribution < -0.4 is 0 Å². The molecule has 0 atom stereocenters. The van der Waals surface area contributed by atoms with Crippen LogP contribution >= 0.6 is 34.2 Å². The molecular weight excluding hydrogens is 326 g/mol. The summed E-state index contributed by atoms with van der Waals surface area (Å²) in [5.74, 6) is 0.111.